The van der Waals surface area contributed by atoms with E-state index >= 15 is 0 Å². The maximum atomic E-state index is 12.7. The topological polar surface area (TPSA) is 333 Å². The van der Waals surface area contributed by atoms with Gasteiger partial charge in [0.25, 0.3) is 11.8 Å². The van der Waals surface area contributed by atoms with Crippen LogP contribution in [0.3, 0.4) is 0 Å². The zero-order chi connectivity index (χ0) is 54.6. The van der Waals surface area contributed by atoms with Crippen LogP contribution >= 0.6 is 23.9 Å². The van der Waals surface area contributed by atoms with Gasteiger partial charge >= 0.3 is 24.1 Å². The van der Waals surface area contributed by atoms with E-state index in [2.05, 4.69) is 46.3 Å². The van der Waals surface area contributed by atoms with Crippen LogP contribution in [-0.2, 0) is 28.5 Å². The third kappa shape index (κ3) is 29.2. The number of hydrogen-bond acceptors (Lipinski definition) is 20. The van der Waals surface area contributed by atoms with Crippen molar-refractivity contribution in [3.8, 4) is 11.5 Å². The van der Waals surface area contributed by atoms with Gasteiger partial charge in [-0.1, -0.05) is 37.7 Å². The van der Waals surface area contributed by atoms with Gasteiger partial charge in [0.2, 0.25) is 0 Å². The van der Waals surface area contributed by atoms with Crippen LogP contribution in [0.5, 0.6) is 11.5 Å². The number of ether oxygens (including phenoxy) is 6. The van der Waals surface area contributed by atoms with Crippen molar-refractivity contribution in [3.05, 3.63) is 59.7 Å². The lowest BCUT2D eigenvalue weighted by atomic mass is 10.0. The summed E-state index contributed by atoms with van der Waals surface area (Å²) in [6.07, 6.45) is 0.646. The molecule has 2 unspecified atom stereocenters. The van der Waals surface area contributed by atoms with Crippen molar-refractivity contribution in [3.63, 3.8) is 0 Å². The van der Waals surface area contributed by atoms with Crippen molar-refractivity contribution in [1.29, 1.82) is 0 Å². The Labute approximate surface area is 442 Å². The summed E-state index contributed by atoms with van der Waals surface area (Å²) in [5, 5.41) is 35.9. The van der Waals surface area contributed by atoms with Crippen molar-refractivity contribution < 1.29 is 67.4 Å². The highest BCUT2D eigenvalue weighted by Gasteiger charge is 2.24. The van der Waals surface area contributed by atoms with Crippen molar-refractivity contribution in [2.24, 2.45) is 10.7 Å². The Kier molecular flexibility index (Phi) is 32.2. The molecular formula is C48H78N10O14S2. The summed E-state index contributed by atoms with van der Waals surface area (Å²) in [6.45, 7) is 15.4. The quantitative estimate of drug-likeness (QED) is 0.0345. The number of carbonyl (C=O) groups is 6. The molecule has 3 rings (SSSR count). The number of rotatable bonds is 36. The first kappa shape index (κ1) is 64.3. The van der Waals surface area contributed by atoms with Crippen LogP contribution in [0.4, 0.5) is 9.59 Å². The van der Waals surface area contributed by atoms with Gasteiger partial charge in [-0.15, -0.1) is 0 Å². The molecule has 0 radical (unpaired) electrons. The summed E-state index contributed by atoms with van der Waals surface area (Å²) >= 11 is 2.16. The summed E-state index contributed by atoms with van der Waals surface area (Å²) in [5.41, 5.74) is 4.89. The van der Waals surface area contributed by atoms with Gasteiger partial charge in [0.1, 0.15) is 43.4 Å². The first-order valence-electron chi connectivity index (χ1n) is 24.5. The molecule has 0 saturated carbocycles. The first-order valence-corrected chi connectivity index (χ1v) is 26.5. The van der Waals surface area contributed by atoms with E-state index in [-0.39, 0.29) is 46.0 Å². The fourth-order valence-corrected chi connectivity index (χ4v) is 7.33. The molecule has 2 aromatic rings. The van der Waals surface area contributed by atoms with Crippen LogP contribution in [0.2, 0.25) is 0 Å². The van der Waals surface area contributed by atoms with Gasteiger partial charge in [0.15, 0.2) is 5.96 Å². The molecule has 12 N–H and O–H groups in total. The van der Waals surface area contributed by atoms with Crippen molar-refractivity contribution in [2.45, 2.75) is 84.1 Å². The number of nitrogens with zero attached hydrogens (tertiary/aromatic N) is 1. The molecule has 0 saturated heterocycles. The summed E-state index contributed by atoms with van der Waals surface area (Å²) in [5.74, 6) is -0.629. The van der Waals surface area contributed by atoms with Gasteiger partial charge in [0, 0.05) is 74.9 Å². The fraction of sp³-hybridized carbons (Fsp3) is 0.604. The lowest BCUT2D eigenvalue weighted by Gasteiger charge is -2.29. The normalized spacial score (nSPS) is 13.0. The Morgan fingerprint density at radius 3 is 1.59 bits per heavy atom. The highest BCUT2D eigenvalue weighted by atomic mass is 32.2. The van der Waals surface area contributed by atoms with Crippen molar-refractivity contribution >= 4 is 65.8 Å². The molecule has 2 aromatic carbocycles. The Morgan fingerprint density at radius 2 is 1.12 bits per heavy atom. The maximum Gasteiger partial charge on any atom is 0.407 e. The van der Waals surface area contributed by atoms with Gasteiger partial charge in [-0.25, -0.2) is 19.0 Å². The molecular weight excluding hydrogens is 1000 g/mol. The van der Waals surface area contributed by atoms with Crippen LogP contribution in [0.15, 0.2) is 53.5 Å². The molecule has 4 amide bonds. The molecule has 26 heteroatoms. The van der Waals surface area contributed by atoms with E-state index in [4.69, 9.17) is 34.2 Å². The number of alkyl carbamates (subject to hydrolysis) is 2. The Bertz CT molecular complexity index is 2000. The summed E-state index contributed by atoms with van der Waals surface area (Å²) in [6, 6.07) is 10.8. The number of nitrogens with one attached hydrogen (secondary N) is 8. The number of nitrogens with two attached hydrogens (primary N) is 1. The third-order valence-corrected chi connectivity index (χ3v) is 11.8. The van der Waals surface area contributed by atoms with Crippen LogP contribution in [0, 0.1) is 0 Å². The second kappa shape index (κ2) is 37.0. The van der Waals surface area contributed by atoms with Gasteiger partial charge < -0.3 is 76.3 Å². The molecule has 0 aliphatic carbocycles. The van der Waals surface area contributed by atoms with Gasteiger partial charge in [-0.2, -0.15) is 0 Å². The number of aliphatic carboxylic acids is 2. The molecule has 74 heavy (non-hydrogen) atoms. The van der Waals surface area contributed by atoms with Gasteiger partial charge in [-0.3, -0.25) is 24.2 Å². The summed E-state index contributed by atoms with van der Waals surface area (Å²) in [7, 11) is 0. The van der Waals surface area contributed by atoms with E-state index < -0.39 is 59.2 Å². The van der Waals surface area contributed by atoms with Crippen LogP contribution in [0.1, 0.15) is 81.5 Å². The number of aliphatic imine (C=N–C) groups is 1. The van der Waals surface area contributed by atoms with E-state index in [0.29, 0.717) is 79.9 Å². The molecule has 1 aliphatic rings. The third-order valence-electron chi connectivity index (χ3n) is 10.1. The minimum atomic E-state index is -1.15. The standard InChI is InChI=1S/C46H72N10O14S2.C2H6/c1-45(2,14-22-67-43(63)51-20-28-71-55-36(40(59)60)30-53-38(57)32-6-10-34(11-7-32)65-24-16-47)69-23-15-46(3,4)70-27-26-68-44(64)52-21-29-72-56-37(41(61)62)31-54-39(58)33-8-12-35(13-9-33)66-25-19-50-42-48-17-5-18-49-42;1-2/h6-13,36-37,55-56H,5,14-31,47H2,1-4H3,(H,51,63)(H,52,64)(H,53,57)(H,54,58)(H,59,60)(H,61,62)(H2,48,49,50);1-2H3. The van der Waals surface area contributed by atoms with E-state index in [0.717, 1.165) is 49.4 Å². The molecule has 24 nitrogen and oxygen atoms in total. The predicted molar refractivity (Wildman–Crippen MR) is 284 cm³/mol. The number of hydrogen-bond donors (Lipinski definition) is 11. The predicted octanol–water partition coefficient (Wildman–Crippen LogP) is 2.73. The Morgan fingerprint density at radius 1 is 0.649 bits per heavy atom. The summed E-state index contributed by atoms with van der Waals surface area (Å²) in [4.78, 5) is 77.4. The number of carboxylic acids is 2. The second-order valence-electron chi connectivity index (χ2n) is 16.9. The Balaban J connectivity index is 0.00000925. The molecule has 0 spiro atoms. The minimum absolute atomic E-state index is 0.00368. The number of carbonyl (C=O) groups excluding carboxylic acids is 4. The van der Waals surface area contributed by atoms with E-state index in [9.17, 15) is 39.0 Å². The van der Waals surface area contributed by atoms with E-state index in [1.165, 1.54) is 0 Å². The van der Waals surface area contributed by atoms with Crippen LogP contribution < -0.4 is 56.6 Å². The lowest BCUT2D eigenvalue weighted by Crippen LogP contribution is -2.43. The van der Waals surface area contributed by atoms with Crippen molar-refractivity contribution in [1.82, 2.24) is 41.3 Å². The summed E-state index contributed by atoms with van der Waals surface area (Å²) < 4.78 is 39.1. The van der Waals surface area contributed by atoms with Crippen LogP contribution in [0.25, 0.3) is 0 Å². The zero-order valence-corrected chi connectivity index (χ0v) is 45.0. The highest BCUT2D eigenvalue weighted by molar-refractivity contribution is 7.97. The zero-order valence-electron chi connectivity index (χ0n) is 43.3. The molecule has 0 aromatic heterocycles. The number of amides is 4. The average molecular weight is 1080 g/mol. The lowest BCUT2D eigenvalue weighted by molar-refractivity contribution is -0.139. The number of benzene rings is 2. The molecule has 1 heterocycles. The fourth-order valence-electron chi connectivity index (χ4n) is 5.91. The van der Waals surface area contributed by atoms with Gasteiger partial charge in [-0.05, 0) is 89.1 Å². The molecule has 416 valence electrons. The molecule has 0 fully saturated rings. The molecule has 1 aliphatic heterocycles. The molecule has 2 atom stereocenters. The van der Waals surface area contributed by atoms with Crippen molar-refractivity contribution in [2.75, 3.05) is 104 Å². The Hall–Kier alpha value is -5.77. The number of guanidine groups is 1. The minimum Gasteiger partial charge on any atom is -0.492 e. The first-order chi connectivity index (χ1) is 35.5. The average Bonchev–Trinajstić information content (AvgIpc) is 3.38. The maximum absolute atomic E-state index is 12.7. The second-order valence-corrected chi connectivity index (χ2v) is 18.8. The van der Waals surface area contributed by atoms with Crippen LogP contribution in [-0.4, -0.2) is 179 Å². The highest BCUT2D eigenvalue weighted by Crippen LogP contribution is 2.20. The van der Waals surface area contributed by atoms with E-state index in [1.54, 1.807) is 48.5 Å². The molecule has 0 bridgehead atoms. The monoisotopic (exact) mass is 1080 g/mol. The van der Waals surface area contributed by atoms with E-state index in [1.807, 2.05) is 41.5 Å². The largest absolute Gasteiger partial charge is 0.492 e. The number of carboxylic acid groups (broad SMARTS) is 2. The SMILES string of the molecule is CC.CC(C)(CCOC(=O)NCCSNC(CNC(=O)c1ccc(OCCN)cc1)C(=O)O)OCCC(C)(C)OCCOC(=O)NCCSNC(CNC(=O)c1ccc(OCCNC2=NCCCN2)cc1)C(=O)O. The smallest absolute Gasteiger partial charge is 0.407 e. The van der Waals surface area contributed by atoms with Gasteiger partial charge in [0.05, 0.1) is 37.6 Å².